The van der Waals surface area contributed by atoms with Crippen molar-refractivity contribution in [1.29, 1.82) is 0 Å². The maximum atomic E-state index is 13.0. The van der Waals surface area contributed by atoms with Gasteiger partial charge in [0.15, 0.2) is 0 Å². The van der Waals surface area contributed by atoms with Crippen LogP contribution in [0.4, 0.5) is 5.69 Å². The Morgan fingerprint density at radius 3 is 2.66 bits per heavy atom. The third-order valence-corrected chi connectivity index (χ3v) is 6.49. The standard InChI is InChI=1S/C24H38N2O3/c1-4-29-24(14-7-8-19(2)18-24)23(27)25-21-10-12-22(13-11-21)28-17-16-26-15-6-5-9-20(26)3/h10-13,19-20H,4-9,14-18H2,1-3H3,(H,25,27). The SMILES string of the molecule is CCOC1(C(=O)Nc2ccc(OCCN3CCCCC3C)cc2)CCCC(C)C1. The van der Waals surface area contributed by atoms with Gasteiger partial charge >= 0.3 is 0 Å². The van der Waals surface area contributed by atoms with Crippen LogP contribution in [-0.2, 0) is 9.53 Å². The molecular formula is C24H38N2O3. The maximum Gasteiger partial charge on any atom is 0.256 e. The summed E-state index contributed by atoms with van der Waals surface area (Å²) >= 11 is 0. The zero-order valence-corrected chi connectivity index (χ0v) is 18.4. The Hall–Kier alpha value is -1.59. The first kappa shape index (κ1) is 22.1. The van der Waals surface area contributed by atoms with Gasteiger partial charge in [0.1, 0.15) is 18.0 Å². The van der Waals surface area contributed by atoms with Crippen molar-refractivity contribution in [3.8, 4) is 5.75 Å². The number of hydrogen-bond donors (Lipinski definition) is 1. The predicted molar refractivity (Wildman–Crippen MR) is 117 cm³/mol. The van der Waals surface area contributed by atoms with E-state index >= 15 is 0 Å². The van der Waals surface area contributed by atoms with Gasteiger partial charge < -0.3 is 14.8 Å². The molecule has 29 heavy (non-hydrogen) atoms. The van der Waals surface area contributed by atoms with Crippen molar-refractivity contribution < 1.29 is 14.3 Å². The number of anilines is 1. The summed E-state index contributed by atoms with van der Waals surface area (Å²) in [6.07, 6.45) is 7.73. The summed E-state index contributed by atoms with van der Waals surface area (Å²) in [5.41, 5.74) is 0.108. The molecule has 2 fully saturated rings. The monoisotopic (exact) mass is 402 g/mol. The number of nitrogens with zero attached hydrogens (tertiary/aromatic N) is 1. The molecule has 1 aliphatic carbocycles. The van der Waals surface area contributed by atoms with E-state index in [0.29, 0.717) is 25.2 Å². The first-order valence-corrected chi connectivity index (χ1v) is 11.4. The number of carbonyl (C=O) groups excluding carboxylic acids is 1. The molecule has 5 heteroatoms. The fourth-order valence-corrected chi connectivity index (χ4v) is 4.83. The molecule has 1 heterocycles. The van der Waals surface area contributed by atoms with E-state index in [1.54, 1.807) is 0 Å². The Morgan fingerprint density at radius 1 is 1.17 bits per heavy atom. The van der Waals surface area contributed by atoms with Crippen molar-refractivity contribution in [2.45, 2.75) is 77.4 Å². The van der Waals surface area contributed by atoms with Crippen molar-refractivity contribution >= 4 is 11.6 Å². The molecule has 0 radical (unpaired) electrons. The number of carbonyl (C=O) groups is 1. The van der Waals surface area contributed by atoms with Crippen LogP contribution in [0.1, 0.15) is 65.7 Å². The average Bonchev–Trinajstić information content (AvgIpc) is 2.71. The first-order valence-electron chi connectivity index (χ1n) is 11.4. The highest BCUT2D eigenvalue weighted by Gasteiger charge is 2.42. The third-order valence-electron chi connectivity index (χ3n) is 6.49. The lowest BCUT2D eigenvalue weighted by atomic mass is 9.78. The summed E-state index contributed by atoms with van der Waals surface area (Å²) in [4.78, 5) is 15.5. The molecule has 1 saturated heterocycles. The molecule has 1 aliphatic heterocycles. The highest BCUT2D eigenvalue weighted by molar-refractivity contribution is 5.97. The number of benzene rings is 1. The normalized spacial score (nSPS) is 28.1. The summed E-state index contributed by atoms with van der Waals surface area (Å²) in [6.45, 7) is 9.87. The van der Waals surface area contributed by atoms with Gasteiger partial charge in [-0.3, -0.25) is 9.69 Å². The first-order chi connectivity index (χ1) is 14.0. The van der Waals surface area contributed by atoms with E-state index in [2.05, 4.69) is 24.1 Å². The number of nitrogens with one attached hydrogen (secondary N) is 1. The van der Waals surface area contributed by atoms with E-state index in [9.17, 15) is 4.79 Å². The van der Waals surface area contributed by atoms with Gasteiger partial charge in [-0.1, -0.05) is 19.8 Å². The molecule has 3 unspecified atom stereocenters. The van der Waals surface area contributed by atoms with Crippen molar-refractivity contribution in [3.63, 3.8) is 0 Å². The van der Waals surface area contributed by atoms with Gasteiger partial charge in [-0.15, -0.1) is 0 Å². The molecule has 1 aromatic carbocycles. The van der Waals surface area contributed by atoms with Gasteiger partial charge in [-0.05, 0) is 82.7 Å². The fourth-order valence-electron chi connectivity index (χ4n) is 4.83. The molecule has 3 rings (SSSR count). The molecule has 0 aromatic heterocycles. The number of hydrogen-bond acceptors (Lipinski definition) is 4. The Labute approximate surface area is 176 Å². The summed E-state index contributed by atoms with van der Waals surface area (Å²) in [5.74, 6) is 1.34. The van der Waals surface area contributed by atoms with E-state index < -0.39 is 5.60 Å². The van der Waals surface area contributed by atoms with E-state index in [1.807, 2.05) is 31.2 Å². The van der Waals surface area contributed by atoms with Gasteiger partial charge in [0.25, 0.3) is 5.91 Å². The van der Waals surface area contributed by atoms with Crippen molar-refractivity contribution in [2.75, 3.05) is 31.6 Å². The molecule has 0 spiro atoms. The van der Waals surface area contributed by atoms with Crippen LogP contribution >= 0.6 is 0 Å². The highest BCUT2D eigenvalue weighted by atomic mass is 16.5. The number of piperidine rings is 1. The van der Waals surface area contributed by atoms with Crippen LogP contribution < -0.4 is 10.1 Å². The second kappa shape index (κ2) is 10.4. The Balaban J connectivity index is 1.50. The molecule has 1 amide bonds. The van der Waals surface area contributed by atoms with Crippen LogP contribution in [0.25, 0.3) is 0 Å². The van der Waals surface area contributed by atoms with Crippen LogP contribution in [0.2, 0.25) is 0 Å². The van der Waals surface area contributed by atoms with E-state index in [0.717, 1.165) is 37.2 Å². The largest absolute Gasteiger partial charge is 0.492 e. The second-order valence-corrected chi connectivity index (χ2v) is 8.84. The van der Waals surface area contributed by atoms with Crippen LogP contribution in [0.3, 0.4) is 0 Å². The van der Waals surface area contributed by atoms with Gasteiger partial charge in [-0.2, -0.15) is 0 Å². The zero-order valence-electron chi connectivity index (χ0n) is 18.4. The molecule has 0 bridgehead atoms. The minimum Gasteiger partial charge on any atom is -0.492 e. The lowest BCUT2D eigenvalue weighted by Crippen LogP contribution is -2.48. The summed E-state index contributed by atoms with van der Waals surface area (Å²) in [5, 5.41) is 3.07. The van der Waals surface area contributed by atoms with E-state index in [-0.39, 0.29) is 5.91 Å². The molecule has 1 aromatic rings. The average molecular weight is 403 g/mol. The molecule has 3 atom stereocenters. The number of amides is 1. The van der Waals surface area contributed by atoms with Crippen LogP contribution in [0.15, 0.2) is 24.3 Å². The third kappa shape index (κ3) is 5.95. The van der Waals surface area contributed by atoms with Crippen LogP contribution in [-0.4, -0.2) is 48.8 Å². The van der Waals surface area contributed by atoms with Crippen LogP contribution in [0.5, 0.6) is 5.75 Å². The molecule has 1 N–H and O–H groups in total. The van der Waals surface area contributed by atoms with Crippen molar-refractivity contribution in [2.24, 2.45) is 5.92 Å². The quantitative estimate of drug-likeness (QED) is 0.674. The topological polar surface area (TPSA) is 50.8 Å². The Kier molecular flexibility index (Phi) is 7.96. The molecule has 1 saturated carbocycles. The predicted octanol–water partition coefficient (Wildman–Crippen LogP) is 4.86. The fraction of sp³-hybridized carbons (Fsp3) is 0.708. The summed E-state index contributed by atoms with van der Waals surface area (Å²) < 4.78 is 11.9. The van der Waals surface area contributed by atoms with E-state index in [4.69, 9.17) is 9.47 Å². The number of likely N-dealkylation sites (tertiary alicyclic amines) is 1. The van der Waals surface area contributed by atoms with Crippen LogP contribution in [0, 0.1) is 5.92 Å². The minimum absolute atomic E-state index is 0.0151. The maximum absolute atomic E-state index is 13.0. The molecular weight excluding hydrogens is 364 g/mol. The summed E-state index contributed by atoms with van der Waals surface area (Å²) in [6, 6.07) is 8.37. The second-order valence-electron chi connectivity index (χ2n) is 8.84. The smallest absolute Gasteiger partial charge is 0.256 e. The van der Waals surface area contributed by atoms with E-state index in [1.165, 1.54) is 32.2 Å². The highest BCUT2D eigenvalue weighted by Crippen LogP contribution is 2.36. The minimum atomic E-state index is -0.688. The van der Waals surface area contributed by atoms with Crippen molar-refractivity contribution in [3.05, 3.63) is 24.3 Å². The van der Waals surface area contributed by atoms with Crippen molar-refractivity contribution in [1.82, 2.24) is 4.90 Å². The van der Waals surface area contributed by atoms with Gasteiger partial charge in [0.2, 0.25) is 0 Å². The number of ether oxygens (including phenoxy) is 2. The summed E-state index contributed by atoms with van der Waals surface area (Å²) in [7, 11) is 0. The zero-order chi connectivity index (χ0) is 20.7. The lowest BCUT2D eigenvalue weighted by molar-refractivity contribution is -0.147. The van der Waals surface area contributed by atoms with Gasteiger partial charge in [-0.25, -0.2) is 0 Å². The molecule has 5 nitrogen and oxygen atoms in total. The Morgan fingerprint density at radius 2 is 1.97 bits per heavy atom. The Bertz CT molecular complexity index is 644. The number of rotatable bonds is 8. The van der Waals surface area contributed by atoms with Gasteiger partial charge in [0, 0.05) is 24.9 Å². The molecule has 162 valence electrons. The lowest BCUT2D eigenvalue weighted by Gasteiger charge is -2.38. The molecule has 2 aliphatic rings. The van der Waals surface area contributed by atoms with Gasteiger partial charge in [0.05, 0.1) is 0 Å².